The molecule has 1 aromatic rings. The number of anilines is 1. The number of nitrogens with zero attached hydrogens (tertiary/aromatic N) is 2. The average Bonchev–Trinajstić information content (AvgIpc) is 2.34. The zero-order valence-electron chi connectivity index (χ0n) is 10.7. The summed E-state index contributed by atoms with van der Waals surface area (Å²) in [4.78, 5) is 13.2. The minimum atomic E-state index is 0.192. The predicted octanol–water partition coefficient (Wildman–Crippen LogP) is 1.90. The molecular weight excluding hydrogens is 226 g/mol. The zero-order chi connectivity index (χ0) is 13.1. The van der Waals surface area contributed by atoms with Crippen LogP contribution in [0.5, 0.6) is 0 Å². The Balaban J connectivity index is 2.12. The number of hydrogen-bond donors (Lipinski definition) is 1. The molecule has 1 aliphatic rings. The number of hydrogen-bond acceptors (Lipinski definition) is 3. The van der Waals surface area contributed by atoms with Crippen LogP contribution in [0, 0.1) is 18.3 Å². The van der Waals surface area contributed by atoms with Gasteiger partial charge >= 0.3 is 0 Å². The SMILES string of the molecule is Cc1ccc(C#N)c(NC2CCC(=O)N(C)C2)c1. The number of amides is 1. The van der Waals surface area contributed by atoms with Gasteiger partial charge < -0.3 is 10.2 Å². The average molecular weight is 243 g/mol. The first-order valence-electron chi connectivity index (χ1n) is 6.11. The van der Waals surface area contributed by atoms with E-state index in [0.717, 1.165) is 17.7 Å². The van der Waals surface area contributed by atoms with Crippen molar-refractivity contribution in [2.75, 3.05) is 18.9 Å². The highest BCUT2D eigenvalue weighted by molar-refractivity contribution is 5.77. The van der Waals surface area contributed by atoms with Crippen LogP contribution in [0.2, 0.25) is 0 Å². The van der Waals surface area contributed by atoms with Crippen molar-refractivity contribution in [1.29, 1.82) is 5.26 Å². The molecule has 94 valence electrons. The molecule has 0 radical (unpaired) electrons. The summed E-state index contributed by atoms with van der Waals surface area (Å²) in [7, 11) is 1.82. The molecule has 2 rings (SSSR count). The molecule has 1 atom stereocenters. The van der Waals surface area contributed by atoms with Gasteiger partial charge in [-0.2, -0.15) is 5.26 Å². The standard InChI is InChI=1S/C14H17N3O/c1-10-3-4-11(8-15)13(7-10)16-12-5-6-14(18)17(2)9-12/h3-4,7,12,16H,5-6,9H2,1-2H3. The normalized spacial score (nSPS) is 19.5. The number of likely N-dealkylation sites (tertiary alicyclic amines) is 1. The van der Waals surface area contributed by atoms with Gasteiger partial charge in [0, 0.05) is 26.1 Å². The molecule has 1 unspecified atom stereocenters. The molecule has 0 bridgehead atoms. The van der Waals surface area contributed by atoms with Crippen LogP contribution in [0.1, 0.15) is 24.0 Å². The molecule has 1 amide bonds. The summed E-state index contributed by atoms with van der Waals surface area (Å²) in [6.07, 6.45) is 1.39. The van der Waals surface area contributed by atoms with E-state index < -0.39 is 0 Å². The Morgan fingerprint density at radius 2 is 2.28 bits per heavy atom. The fourth-order valence-corrected chi connectivity index (χ4v) is 2.22. The van der Waals surface area contributed by atoms with E-state index in [1.165, 1.54) is 0 Å². The van der Waals surface area contributed by atoms with Crippen molar-refractivity contribution < 1.29 is 4.79 Å². The van der Waals surface area contributed by atoms with Crippen LogP contribution in [0.4, 0.5) is 5.69 Å². The van der Waals surface area contributed by atoms with Crippen molar-refractivity contribution in [3.8, 4) is 6.07 Å². The van der Waals surface area contributed by atoms with Crippen molar-refractivity contribution in [3.63, 3.8) is 0 Å². The number of benzene rings is 1. The number of likely N-dealkylation sites (N-methyl/N-ethyl adjacent to an activating group) is 1. The highest BCUT2D eigenvalue weighted by Crippen LogP contribution is 2.20. The molecular formula is C14H17N3O. The van der Waals surface area contributed by atoms with E-state index in [2.05, 4.69) is 11.4 Å². The fourth-order valence-electron chi connectivity index (χ4n) is 2.22. The molecule has 4 heteroatoms. The third-order valence-electron chi connectivity index (χ3n) is 3.28. The highest BCUT2D eigenvalue weighted by atomic mass is 16.2. The van der Waals surface area contributed by atoms with Gasteiger partial charge in [0.15, 0.2) is 0 Å². The van der Waals surface area contributed by atoms with E-state index in [1.807, 2.05) is 32.2 Å². The van der Waals surface area contributed by atoms with Gasteiger partial charge in [0.25, 0.3) is 0 Å². The molecule has 1 aromatic carbocycles. The quantitative estimate of drug-likeness (QED) is 0.863. The lowest BCUT2D eigenvalue weighted by atomic mass is 10.0. The summed E-state index contributed by atoms with van der Waals surface area (Å²) in [5.74, 6) is 0.192. The number of nitriles is 1. The van der Waals surface area contributed by atoms with Crippen LogP contribution in [0.15, 0.2) is 18.2 Å². The minimum Gasteiger partial charge on any atom is -0.379 e. The number of carbonyl (C=O) groups excluding carboxylic acids is 1. The smallest absolute Gasteiger partial charge is 0.222 e. The summed E-state index contributed by atoms with van der Waals surface area (Å²) < 4.78 is 0. The Morgan fingerprint density at radius 3 is 2.94 bits per heavy atom. The third-order valence-corrected chi connectivity index (χ3v) is 3.28. The molecule has 1 fully saturated rings. The van der Waals surface area contributed by atoms with Crippen LogP contribution < -0.4 is 5.32 Å². The maximum Gasteiger partial charge on any atom is 0.222 e. The van der Waals surface area contributed by atoms with Crippen molar-refractivity contribution in [3.05, 3.63) is 29.3 Å². The summed E-state index contributed by atoms with van der Waals surface area (Å²) in [6, 6.07) is 8.15. The number of aryl methyl sites for hydroxylation is 1. The second-order valence-corrected chi connectivity index (χ2v) is 4.82. The van der Waals surface area contributed by atoms with E-state index in [4.69, 9.17) is 5.26 Å². The molecule has 4 nitrogen and oxygen atoms in total. The first-order valence-corrected chi connectivity index (χ1v) is 6.11. The predicted molar refractivity (Wildman–Crippen MR) is 70.2 cm³/mol. The van der Waals surface area contributed by atoms with Crippen LogP contribution in [-0.4, -0.2) is 30.4 Å². The van der Waals surface area contributed by atoms with Gasteiger partial charge in [0.2, 0.25) is 5.91 Å². The maximum absolute atomic E-state index is 11.4. The Labute approximate surface area is 107 Å². The Kier molecular flexibility index (Phi) is 3.52. The lowest BCUT2D eigenvalue weighted by Crippen LogP contribution is -2.43. The maximum atomic E-state index is 11.4. The van der Waals surface area contributed by atoms with E-state index in [0.29, 0.717) is 18.5 Å². The van der Waals surface area contributed by atoms with Gasteiger partial charge in [-0.3, -0.25) is 4.79 Å². The van der Waals surface area contributed by atoms with Crippen molar-refractivity contribution >= 4 is 11.6 Å². The summed E-state index contributed by atoms with van der Waals surface area (Å²) in [5.41, 5.74) is 2.64. The molecule has 0 aromatic heterocycles. The van der Waals surface area contributed by atoms with E-state index in [9.17, 15) is 4.79 Å². The van der Waals surface area contributed by atoms with Crippen LogP contribution in [-0.2, 0) is 4.79 Å². The lowest BCUT2D eigenvalue weighted by molar-refractivity contribution is -0.132. The van der Waals surface area contributed by atoms with Crippen molar-refractivity contribution in [1.82, 2.24) is 4.90 Å². The van der Waals surface area contributed by atoms with Crippen LogP contribution >= 0.6 is 0 Å². The van der Waals surface area contributed by atoms with Gasteiger partial charge in [0.05, 0.1) is 11.3 Å². The number of carbonyl (C=O) groups is 1. The minimum absolute atomic E-state index is 0.192. The number of nitrogens with one attached hydrogen (secondary N) is 1. The lowest BCUT2D eigenvalue weighted by Gasteiger charge is -2.31. The van der Waals surface area contributed by atoms with Gasteiger partial charge in [-0.25, -0.2) is 0 Å². The monoisotopic (exact) mass is 243 g/mol. The van der Waals surface area contributed by atoms with Crippen molar-refractivity contribution in [2.24, 2.45) is 0 Å². The van der Waals surface area contributed by atoms with E-state index in [1.54, 1.807) is 4.90 Å². The molecule has 18 heavy (non-hydrogen) atoms. The molecule has 0 aliphatic carbocycles. The van der Waals surface area contributed by atoms with Gasteiger partial charge in [0.1, 0.15) is 6.07 Å². The Morgan fingerprint density at radius 1 is 1.50 bits per heavy atom. The second kappa shape index (κ2) is 5.09. The zero-order valence-corrected chi connectivity index (χ0v) is 10.7. The Bertz CT molecular complexity index is 504. The summed E-state index contributed by atoms with van der Waals surface area (Å²) in [5, 5.41) is 12.5. The van der Waals surface area contributed by atoms with Gasteiger partial charge in [-0.05, 0) is 31.0 Å². The topological polar surface area (TPSA) is 56.1 Å². The molecule has 1 saturated heterocycles. The number of piperidine rings is 1. The highest BCUT2D eigenvalue weighted by Gasteiger charge is 2.23. The molecule has 1 heterocycles. The Hall–Kier alpha value is -2.02. The van der Waals surface area contributed by atoms with E-state index in [-0.39, 0.29) is 11.9 Å². The van der Waals surface area contributed by atoms with Gasteiger partial charge in [-0.1, -0.05) is 6.07 Å². The molecule has 0 spiro atoms. The second-order valence-electron chi connectivity index (χ2n) is 4.82. The van der Waals surface area contributed by atoms with Crippen LogP contribution in [0.25, 0.3) is 0 Å². The summed E-state index contributed by atoms with van der Waals surface area (Å²) >= 11 is 0. The van der Waals surface area contributed by atoms with Crippen LogP contribution in [0.3, 0.4) is 0 Å². The first-order chi connectivity index (χ1) is 8.60. The fraction of sp³-hybridized carbons (Fsp3) is 0.429. The van der Waals surface area contributed by atoms with Gasteiger partial charge in [-0.15, -0.1) is 0 Å². The summed E-state index contributed by atoms with van der Waals surface area (Å²) in [6.45, 7) is 2.69. The number of rotatable bonds is 2. The molecule has 1 N–H and O–H groups in total. The largest absolute Gasteiger partial charge is 0.379 e. The van der Waals surface area contributed by atoms with E-state index >= 15 is 0 Å². The third kappa shape index (κ3) is 2.62. The molecule has 0 saturated carbocycles. The molecule has 1 aliphatic heterocycles. The van der Waals surface area contributed by atoms with Crippen molar-refractivity contribution in [2.45, 2.75) is 25.8 Å². The first kappa shape index (κ1) is 12.4.